The molecule has 0 bridgehead atoms. The van der Waals surface area contributed by atoms with Crippen LogP contribution in [-0.2, 0) is 4.74 Å². The summed E-state index contributed by atoms with van der Waals surface area (Å²) in [5, 5.41) is 8.35. The van der Waals surface area contributed by atoms with E-state index in [9.17, 15) is 9.59 Å². The fourth-order valence-corrected chi connectivity index (χ4v) is 2.71. The molecule has 0 fully saturated rings. The van der Waals surface area contributed by atoms with E-state index < -0.39 is 5.91 Å². The third-order valence-electron chi connectivity index (χ3n) is 3.81. The number of ether oxygens (including phenoxy) is 2. The molecule has 0 aliphatic heterocycles. The van der Waals surface area contributed by atoms with Gasteiger partial charge in [0.1, 0.15) is 12.4 Å². The molecular weight excluding hydrogens is 390 g/mol. The molecule has 7 nitrogen and oxygen atoms in total. The molecule has 154 valence electrons. The number of anilines is 1. The van der Waals surface area contributed by atoms with Gasteiger partial charge in [-0.05, 0) is 50.3 Å². The number of hydrogen-bond acceptors (Lipinski definition) is 5. The van der Waals surface area contributed by atoms with Crippen molar-refractivity contribution in [2.75, 3.05) is 31.7 Å². The lowest BCUT2D eigenvalue weighted by atomic mass is 10.1. The van der Waals surface area contributed by atoms with Crippen molar-refractivity contribution in [2.45, 2.75) is 13.8 Å². The number of amides is 2. The minimum absolute atomic E-state index is 0.0795. The Morgan fingerprint density at radius 2 is 1.62 bits per heavy atom. The van der Waals surface area contributed by atoms with E-state index in [2.05, 4.69) is 16.0 Å². The summed E-state index contributed by atoms with van der Waals surface area (Å²) in [4.78, 5) is 24.8. The molecule has 0 saturated heterocycles. The highest BCUT2D eigenvalue weighted by Gasteiger charge is 2.15. The molecule has 0 heterocycles. The van der Waals surface area contributed by atoms with Crippen molar-refractivity contribution in [2.24, 2.45) is 0 Å². The van der Waals surface area contributed by atoms with Crippen molar-refractivity contribution in [3.8, 4) is 5.75 Å². The van der Waals surface area contributed by atoms with Gasteiger partial charge in [0.2, 0.25) is 0 Å². The highest BCUT2D eigenvalue weighted by atomic mass is 32.1. The van der Waals surface area contributed by atoms with Gasteiger partial charge in [0.25, 0.3) is 11.8 Å². The van der Waals surface area contributed by atoms with Crippen LogP contribution in [0.3, 0.4) is 0 Å². The molecule has 2 aromatic carbocycles. The Labute approximate surface area is 175 Å². The van der Waals surface area contributed by atoms with Crippen LogP contribution in [0.5, 0.6) is 5.75 Å². The first-order chi connectivity index (χ1) is 14.1. The van der Waals surface area contributed by atoms with Crippen LogP contribution in [0.25, 0.3) is 0 Å². The Morgan fingerprint density at radius 1 is 0.931 bits per heavy atom. The van der Waals surface area contributed by atoms with E-state index in [0.29, 0.717) is 48.9 Å². The van der Waals surface area contributed by atoms with Crippen LogP contribution in [0, 0.1) is 0 Å². The van der Waals surface area contributed by atoms with Crippen LogP contribution >= 0.6 is 12.2 Å². The van der Waals surface area contributed by atoms with Gasteiger partial charge >= 0.3 is 0 Å². The zero-order chi connectivity index (χ0) is 21.1. The fourth-order valence-electron chi connectivity index (χ4n) is 2.50. The maximum atomic E-state index is 12.6. The largest absolute Gasteiger partial charge is 0.490 e. The van der Waals surface area contributed by atoms with Gasteiger partial charge in [-0.15, -0.1) is 0 Å². The summed E-state index contributed by atoms with van der Waals surface area (Å²) in [6.45, 7) is 5.62. The van der Waals surface area contributed by atoms with Crippen LogP contribution in [0.2, 0.25) is 0 Å². The average molecular weight is 416 g/mol. The third-order valence-corrected chi connectivity index (χ3v) is 4.01. The smallest absolute Gasteiger partial charge is 0.261 e. The minimum Gasteiger partial charge on any atom is -0.490 e. The van der Waals surface area contributed by atoms with E-state index in [4.69, 9.17) is 21.7 Å². The lowest BCUT2D eigenvalue weighted by molar-refractivity contribution is 0.0951. The van der Waals surface area contributed by atoms with Crippen LogP contribution < -0.4 is 20.7 Å². The van der Waals surface area contributed by atoms with Crippen LogP contribution in [0.1, 0.15) is 34.6 Å². The van der Waals surface area contributed by atoms with Gasteiger partial charge in [0.15, 0.2) is 5.11 Å². The molecule has 2 amide bonds. The van der Waals surface area contributed by atoms with Crippen molar-refractivity contribution in [1.29, 1.82) is 0 Å². The van der Waals surface area contributed by atoms with Crippen molar-refractivity contribution >= 4 is 34.8 Å². The van der Waals surface area contributed by atoms with E-state index in [1.807, 2.05) is 13.8 Å². The zero-order valence-corrected chi connectivity index (χ0v) is 17.3. The maximum Gasteiger partial charge on any atom is 0.261 e. The normalized spacial score (nSPS) is 10.1. The highest BCUT2D eigenvalue weighted by molar-refractivity contribution is 7.80. The standard InChI is InChI=1S/C21H25N3O4S/c1-3-22-19(25)15-9-5-7-11-17(15)23-21(29)24-20(26)16-10-6-8-12-18(16)28-14-13-27-4-2/h5-12H,3-4,13-14H2,1-2H3,(H,22,25)(H2,23,24,26,29). The monoisotopic (exact) mass is 415 g/mol. The van der Waals surface area contributed by atoms with Crippen molar-refractivity contribution < 1.29 is 19.1 Å². The Bertz CT molecular complexity index is 857. The van der Waals surface area contributed by atoms with E-state index in [-0.39, 0.29) is 11.0 Å². The van der Waals surface area contributed by atoms with Crippen LogP contribution in [0.15, 0.2) is 48.5 Å². The van der Waals surface area contributed by atoms with Gasteiger partial charge < -0.3 is 20.1 Å². The first-order valence-electron chi connectivity index (χ1n) is 9.35. The number of hydrogen-bond donors (Lipinski definition) is 3. The second-order valence-corrected chi connectivity index (χ2v) is 6.26. The first kappa shape index (κ1) is 22.3. The molecule has 2 aromatic rings. The van der Waals surface area contributed by atoms with Crippen molar-refractivity contribution in [3.05, 3.63) is 59.7 Å². The summed E-state index contributed by atoms with van der Waals surface area (Å²) in [6.07, 6.45) is 0. The second-order valence-electron chi connectivity index (χ2n) is 5.85. The van der Waals surface area contributed by atoms with Crippen LogP contribution in [-0.4, -0.2) is 43.3 Å². The summed E-state index contributed by atoms with van der Waals surface area (Å²) in [5.41, 5.74) is 1.29. The number of para-hydroxylation sites is 2. The third kappa shape index (κ3) is 6.85. The number of carbonyl (C=O) groups is 2. The van der Waals surface area contributed by atoms with Gasteiger partial charge in [-0.3, -0.25) is 14.9 Å². The lowest BCUT2D eigenvalue weighted by Crippen LogP contribution is -2.35. The lowest BCUT2D eigenvalue weighted by Gasteiger charge is -2.14. The molecule has 0 saturated carbocycles. The summed E-state index contributed by atoms with van der Waals surface area (Å²) in [7, 11) is 0. The molecule has 0 atom stereocenters. The van der Waals surface area contributed by atoms with Crippen molar-refractivity contribution in [3.63, 3.8) is 0 Å². The molecule has 0 unspecified atom stereocenters. The number of benzene rings is 2. The Morgan fingerprint density at radius 3 is 2.34 bits per heavy atom. The predicted molar refractivity (Wildman–Crippen MR) is 117 cm³/mol. The number of carbonyl (C=O) groups excluding carboxylic acids is 2. The summed E-state index contributed by atoms with van der Waals surface area (Å²) in [5.74, 6) is -0.196. The van der Waals surface area contributed by atoms with E-state index in [0.717, 1.165) is 0 Å². The molecule has 29 heavy (non-hydrogen) atoms. The minimum atomic E-state index is -0.412. The molecule has 3 N–H and O–H groups in total. The molecule has 0 aliphatic carbocycles. The Kier molecular flexibility index (Phi) is 9.07. The molecule has 0 aliphatic rings. The van der Waals surface area contributed by atoms with Gasteiger partial charge in [-0.1, -0.05) is 24.3 Å². The second kappa shape index (κ2) is 11.8. The summed E-state index contributed by atoms with van der Waals surface area (Å²) < 4.78 is 10.9. The van der Waals surface area contributed by atoms with Crippen molar-refractivity contribution in [1.82, 2.24) is 10.6 Å². The Balaban J connectivity index is 2.04. The number of rotatable bonds is 9. The maximum absolute atomic E-state index is 12.6. The van der Waals surface area contributed by atoms with Gasteiger partial charge in [-0.25, -0.2) is 0 Å². The summed E-state index contributed by atoms with van der Waals surface area (Å²) in [6, 6.07) is 13.8. The molecule has 0 radical (unpaired) electrons. The van der Waals surface area contributed by atoms with Crippen LogP contribution in [0.4, 0.5) is 5.69 Å². The summed E-state index contributed by atoms with van der Waals surface area (Å²) >= 11 is 5.25. The topological polar surface area (TPSA) is 88.7 Å². The molecule has 0 aromatic heterocycles. The van der Waals surface area contributed by atoms with E-state index in [1.54, 1.807) is 48.5 Å². The average Bonchev–Trinajstić information content (AvgIpc) is 2.72. The van der Waals surface area contributed by atoms with Gasteiger partial charge in [0.05, 0.1) is 23.4 Å². The SMILES string of the molecule is CCNC(=O)c1ccccc1NC(=S)NC(=O)c1ccccc1OCCOCC. The Hall–Kier alpha value is -2.97. The fraction of sp³-hybridized carbons (Fsp3) is 0.286. The highest BCUT2D eigenvalue weighted by Crippen LogP contribution is 2.18. The van der Waals surface area contributed by atoms with Gasteiger partial charge in [-0.2, -0.15) is 0 Å². The molecule has 8 heteroatoms. The molecular formula is C21H25N3O4S. The molecule has 2 rings (SSSR count). The van der Waals surface area contributed by atoms with E-state index >= 15 is 0 Å². The van der Waals surface area contributed by atoms with E-state index in [1.165, 1.54) is 0 Å². The van der Waals surface area contributed by atoms with Gasteiger partial charge in [0, 0.05) is 13.2 Å². The quantitative estimate of drug-likeness (QED) is 0.431. The zero-order valence-electron chi connectivity index (χ0n) is 16.5. The number of thiocarbonyl (C=S) groups is 1. The molecule has 0 spiro atoms. The number of nitrogens with one attached hydrogen (secondary N) is 3. The first-order valence-corrected chi connectivity index (χ1v) is 9.76. The predicted octanol–water partition coefficient (Wildman–Crippen LogP) is 2.98.